The number of aliphatic imine (C=N–C) groups is 1. The van der Waals surface area contributed by atoms with Crippen molar-refractivity contribution < 1.29 is 44.7 Å². The van der Waals surface area contributed by atoms with Crippen molar-refractivity contribution in [2.45, 2.75) is 30.7 Å². The van der Waals surface area contributed by atoms with Crippen molar-refractivity contribution >= 4 is 27.5 Å². The number of amidine groups is 1. The van der Waals surface area contributed by atoms with Gasteiger partial charge in [-0.1, -0.05) is 6.07 Å². The number of carbonyl (C=O) groups is 1. The SMILES string of the molecule is O=C1c2c(ccc(Br)c2F)[C@]2(CN3C=C(C(F)(F)F)C=C(OC(F)F)C3=N2)CC1(F)F. The largest absolute Gasteiger partial charge is 0.431 e. The van der Waals surface area contributed by atoms with Gasteiger partial charge in [0.25, 0.3) is 0 Å². The summed E-state index contributed by atoms with van der Waals surface area (Å²) in [5, 5.41) is 0. The van der Waals surface area contributed by atoms with Gasteiger partial charge in [0.15, 0.2) is 11.6 Å². The molecule has 4 rings (SSSR count). The van der Waals surface area contributed by atoms with Gasteiger partial charge in [0.05, 0.1) is 28.6 Å². The zero-order chi connectivity index (χ0) is 22.9. The minimum absolute atomic E-state index is 0.274. The fourth-order valence-electron chi connectivity index (χ4n) is 3.84. The van der Waals surface area contributed by atoms with Gasteiger partial charge in [-0.15, -0.1) is 0 Å². The molecule has 4 nitrogen and oxygen atoms in total. The van der Waals surface area contributed by atoms with E-state index < -0.39 is 71.5 Å². The minimum Gasteiger partial charge on any atom is -0.431 e. The summed E-state index contributed by atoms with van der Waals surface area (Å²) in [6.45, 7) is -4.20. The van der Waals surface area contributed by atoms with Crippen molar-refractivity contribution in [3.8, 4) is 0 Å². The predicted octanol–water partition coefficient (Wildman–Crippen LogP) is 5.30. The van der Waals surface area contributed by atoms with E-state index in [1.54, 1.807) is 0 Å². The molecule has 1 spiro atoms. The molecule has 2 aliphatic heterocycles. The van der Waals surface area contributed by atoms with Crippen molar-refractivity contribution in [2.24, 2.45) is 4.99 Å². The molecule has 1 aliphatic carbocycles. The molecule has 0 radical (unpaired) electrons. The zero-order valence-electron chi connectivity index (χ0n) is 14.9. The van der Waals surface area contributed by atoms with E-state index in [2.05, 4.69) is 25.7 Å². The van der Waals surface area contributed by atoms with Crippen LogP contribution in [0, 0.1) is 5.82 Å². The molecular weight excluding hydrogens is 508 g/mol. The molecule has 1 aromatic carbocycles. The smallest absolute Gasteiger partial charge is 0.417 e. The number of Topliss-reactive ketones (excluding diaryl/α,β-unsaturated/α-hetero) is 1. The standard InChI is InChI=1S/C18H9BrF8N2O2/c19-9-2-1-8-11(12(9)20)13(30)17(23,24)5-16(8)6-29-4-7(18(25,26)27)3-10(14(29)28-16)31-15(21)22/h1-4,15H,5-6H2/t16-/m1/s1. The van der Waals surface area contributed by atoms with Gasteiger partial charge in [-0.05, 0) is 33.6 Å². The van der Waals surface area contributed by atoms with Crippen molar-refractivity contribution in [3.05, 3.63) is 57.2 Å². The monoisotopic (exact) mass is 516 g/mol. The summed E-state index contributed by atoms with van der Waals surface area (Å²) >= 11 is 2.80. The lowest BCUT2D eigenvalue weighted by Gasteiger charge is -2.37. The maximum absolute atomic E-state index is 14.6. The Hall–Kier alpha value is -2.44. The van der Waals surface area contributed by atoms with Gasteiger partial charge in [0, 0.05) is 6.20 Å². The Kier molecular flexibility index (Phi) is 4.76. The van der Waals surface area contributed by atoms with Gasteiger partial charge in [-0.2, -0.15) is 30.7 Å². The Bertz CT molecular complexity index is 1080. The third-order valence-electron chi connectivity index (χ3n) is 5.04. The van der Waals surface area contributed by atoms with Gasteiger partial charge in [0.1, 0.15) is 11.4 Å². The summed E-state index contributed by atoms with van der Waals surface area (Å²) < 4.78 is 113. The molecule has 1 atom stereocenters. The average molecular weight is 517 g/mol. The van der Waals surface area contributed by atoms with E-state index in [1.165, 1.54) is 0 Å². The third kappa shape index (κ3) is 3.42. The van der Waals surface area contributed by atoms with E-state index in [1.807, 2.05) is 0 Å². The van der Waals surface area contributed by atoms with Crippen LogP contribution in [0.1, 0.15) is 22.3 Å². The summed E-state index contributed by atoms with van der Waals surface area (Å²) in [7, 11) is 0. The first-order valence-corrected chi connectivity index (χ1v) is 9.28. The molecule has 2 heterocycles. The van der Waals surface area contributed by atoms with Crippen LogP contribution in [-0.4, -0.2) is 41.8 Å². The summed E-state index contributed by atoms with van der Waals surface area (Å²) in [6.07, 6.45) is -5.46. The normalized spacial score (nSPS) is 24.6. The number of hydrogen-bond donors (Lipinski definition) is 0. The lowest BCUT2D eigenvalue weighted by molar-refractivity contribution is -0.0981. The number of rotatable bonds is 2. The van der Waals surface area contributed by atoms with E-state index in [0.717, 1.165) is 17.0 Å². The Morgan fingerprint density at radius 2 is 1.90 bits per heavy atom. The van der Waals surface area contributed by atoms with Crippen molar-refractivity contribution in [1.29, 1.82) is 0 Å². The molecule has 0 fully saturated rings. The van der Waals surface area contributed by atoms with Crippen molar-refractivity contribution in [1.82, 2.24) is 4.90 Å². The maximum atomic E-state index is 14.6. The lowest BCUT2D eigenvalue weighted by Crippen LogP contribution is -2.47. The van der Waals surface area contributed by atoms with Crippen LogP contribution in [-0.2, 0) is 10.3 Å². The fraction of sp³-hybridized carbons (Fsp3) is 0.333. The van der Waals surface area contributed by atoms with E-state index in [9.17, 15) is 39.9 Å². The first kappa shape index (κ1) is 21.8. The van der Waals surface area contributed by atoms with Gasteiger partial charge in [-0.25, -0.2) is 4.39 Å². The molecule has 3 aliphatic rings. The highest BCUT2D eigenvalue weighted by Crippen LogP contribution is 2.51. The molecule has 166 valence electrons. The Morgan fingerprint density at radius 1 is 1.23 bits per heavy atom. The first-order valence-electron chi connectivity index (χ1n) is 8.49. The van der Waals surface area contributed by atoms with Crippen LogP contribution in [0.2, 0.25) is 0 Å². The predicted molar refractivity (Wildman–Crippen MR) is 93.1 cm³/mol. The van der Waals surface area contributed by atoms with Crippen molar-refractivity contribution in [2.75, 3.05) is 6.54 Å². The maximum Gasteiger partial charge on any atom is 0.417 e. The second-order valence-corrected chi connectivity index (χ2v) is 7.91. The van der Waals surface area contributed by atoms with Crippen LogP contribution in [0.4, 0.5) is 35.1 Å². The summed E-state index contributed by atoms with van der Waals surface area (Å²) in [6, 6.07) is 2.28. The highest BCUT2D eigenvalue weighted by atomic mass is 79.9. The highest BCUT2D eigenvalue weighted by Gasteiger charge is 2.59. The number of alkyl halides is 7. The molecule has 0 unspecified atom stereocenters. The van der Waals surface area contributed by atoms with E-state index >= 15 is 0 Å². The van der Waals surface area contributed by atoms with Crippen molar-refractivity contribution in [3.63, 3.8) is 0 Å². The quantitative estimate of drug-likeness (QED) is 0.501. The average Bonchev–Trinajstić information content (AvgIpc) is 2.99. The number of allylic oxidation sites excluding steroid dienone is 2. The number of ketones is 1. The summed E-state index contributed by atoms with van der Waals surface area (Å²) in [5.74, 6) is -8.73. The van der Waals surface area contributed by atoms with Crippen LogP contribution < -0.4 is 0 Å². The Morgan fingerprint density at radius 3 is 2.52 bits per heavy atom. The topological polar surface area (TPSA) is 41.9 Å². The number of benzene rings is 1. The van der Waals surface area contributed by atoms with E-state index in [0.29, 0.717) is 6.20 Å². The number of halogens is 9. The Balaban J connectivity index is 1.92. The van der Waals surface area contributed by atoms with Gasteiger partial charge >= 0.3 is 18.7 Å². The zero-order valence-corrected chi connectivity index (χ0v) is 16.5. The fourth-order valence-corrected chi connectivity index (χ4v) is 4.17. The second kappa shape index (κ2) is 6.78. The molecule has 1 aromatic rings. The number of hydrogen-bond acceptors (Lipinski definition) is 4. The minimum atomic E-state index is -4.96. The second-order valence-electron chi connectivity index (χ2n) is 7.06. The highest BCUT2D eigenvalue weighted by molar-refractivity contribution is 9.10. The van der Waals surface area contributed by atoms with Crippen LogP contribution in [0.15, 0.2) is 45.2 Å². The van der Waals surface area contributed by atoms with Crippen LogP contribution in [0.3, 0.4) is 0 Å². The van der Waals surface area contributed by atoms with Gasteiger partial charge in [-0.3, -0.25) is 9.79 Å². The van der Waals surface area contributed by atoms with E-state index in [-0.39, 0.29) is 16.1 Å². The lowest BCUT2D eigenvalue weighted by atomic mass is 9.74. The number of nitrogens with zero attached hydrogens (tertiary/aromatic N) is 2. The first-order chi connectivity index (χ1) is 14.2. The summed E-state index contributed by atoms with van der Waals surface area (Å²) in [4.78, 5) is 16.9. The molecule has 13 heteroatoms. The van der Waals surface area contributed by atoms with Crippen LogP contribution in [0.25, 0.3) is 0 Å². The van der Waals surface area contributed by atoms with Crippen LogP contribution in [0.5, 0.6) is 0 Å². The summed E-state index contributed by atoms with van der Waals surface area (Å²) in [5.41, 5.74) is -4.70. The number of carbonyl (C=O) groups excluding carboxylic acids is 1. The van der Waals surface area contributed by atoms with Crippen LogP contribution >= 0.6 is 15.9 Å². The van der Waals surface area contributed by atoms with Gasteiger partial charge < -0.3 is 9.64 Å². The third-order valence-corrected chi connectivity index (χ3v) is 5.65. The molecule has 0 saturated carbocycles. The molecule has 0 aromatic heterocycles. The molecule has 0 saturated heterocycles. The number of ether oxygens (including phenoxy) is 1. The van der Waals surface area contributed by atoms with E-state index in [4.69, 9.17) is 0 Å². The molecule has 0 amide bonds. The Labute approximate surface area is 177 Å². The van der Waals surface area contributed by atoms with Gasteiger partial charge in [0.2, 0.25) is 5.78 Å². The molecule has 0 bridgehead atoms. The number of fused-ring (bicyclic) bond motifs is 3. The molecule has 0 N–H and O–H groups in total. The molecular formula is C18H9BrF8N2O2. The molecule has 31 heavy (non-hydrogen) atoms.